The average molecular weight is 280 g/mol. The first-order valence-corrected chi connectivity index (χ1v) is 7.33. The molecule has 0 aliphatic heterocycles. The van der Waals surface area contributed by atoms with Gasteiger partial charge < -0.3 is 10.6 Å². The maximum absolute atomic E-state index is 12.5. The number of carbonyl (C=O) groups excluding carboxylic acids is 1. The molecule has 19 heavy (non-hydrogen) atoms. The summed E-state index contributed by atoms with van der Waals surface area (Å²) >= 11 is 1.43. The fourth-order valence-corrected chi connectivity index (χ4v) is 3.46. The van der Waals surface area contributed by atoms with Crippen LogP contribution in [0.25, 0.3) is 10.2 Å². The Bertz CT molecular complexity index is 614. The highest BCUT2D eigenvalue weighted by Crippen LogP contribution is 2.36. The van der Waals surface area contributed by atoms with Crippen LogP contribution < -0.4 is 5.73 Å². The standard InChI is InChI=1S/C13H20N4OS/c1-5-7-17(6-2)12(18)11-10(14)9-8(3)15-16(4)13(9)19-11/h5-7,14H2,1-4H3. The Balaban J connectivity index is 2.48. The van der Waals surface area contributed by atoms with Crippen LogP contribution in [-0.4, -0.2) is 33.7 Å². The van der Waals surface area contributed by atoms with E-state index < -0.39 is 0 Å². The van der Waals surface area contributed by atoms with Gasteiger partial charge in [-0.25, -0.2) is 0 Å². The predicted octanol–water partition coefficient (Wildman–Crippen LogP) is 2.40. The zero-order chi connectivity index (χ0) is 14.2. The van der Waals surface area contributed by atoms with Crippen LogP contribution in [0.2, 0.25) is 0 Å². The van der Waals surface area contributed by atoms with Crippen molar-refractivity contribution in [1.29, 1.82) is 0 Å². The molecule has 2 N–H and O–H groups in total. The van der Waals surface area contributed by atoms with E-state index >= 15 is 0 Å². The largest absolute Gasteiger partial charge is 0.397 e. The molecule has 0 fully saturated rings. The van der Waals surface area contributed by atoms with Crippen molar-refractivity contribution < 1.29 is 4.79 Å². The summed E-state index contributed by atoms with van der Waals surface area (Å²) in [5.74, 6) is 0.0300. The number of hydrogen-bond donors (Lipinski definition) is 1. The van der Waals surface area contributed by atoms with E-state index in [0.29, 0.717) is 17.1 Å². The molecule has 2 rings (SSSR count). The van der Waals surface area contributed by atoms with Gasteiger partial charge in [-0.1, -0.05) is 6.92 Å². The smallest absolute Gasteiger partial charge is 0.266 e. The normalized spacial score (nSPS) is 11.2. The average Bonchev–Trinajstić information content (AvgIpc) is 2.85. The number of nitrogens with zero attached hydrogens (tertiary/aromatic N) is 3. The predicted molar refractivity (Wildman–Crippen MR) is 79.6 cm³/mol. The number of nitrogens with two attached hydrogens (primary N) is 1. The topological polar surface area (TPSA) is 64.2 Å². The van der Waals surface area contributed by atoms with Crippen molar-refractivity contribution in [2.75, 3.05) is 18.8 Å². The van der Waals surface area contributed by atoms with Crippen LogP contribution in [0, 0.1) is 6.92 Å². The minimum Gasteiger partial charge on any atom is -0.397 e. The fourth-order valence-electron chi connectivity index (χ4n) is 2.30. The van der Waals surface area contributed by atoms with E-state index in [0.717, 1.165) is 28.9 Å². The Labute approximate surface area is 117 Å². The highest BCUT2D eigenvalue weighted by atomic mass is 32.1. The molecule has 2 aromatic rings. The summed E-state index contributed by atoms with van der Waals surface area (Å²) in [6.07, 6.45) is 0.949. The van der Waals surface area contributed by atoms with Crippen molar-refractivity contribution in [3.63, 3.8) is 0 Å². The van der Waals surface area contributed by atoms with Gasteiger partial charge in [0.1, 0.15) is 9.71 Å². The number of aryl methyl sites for hydroxylation is 2. The van der Waals surface area contributed by atoms with E-state index in [1.165, 1.54) is 11.3 Å². The molecule has 0 atom stereocenters. The van der Waals surface area contributed by atoms with Gasteiger partial charge in [0.25, 0.3) is 5.91 Å². The van der Waals surface area contributed by atoms with Gasteiger partial charge >= 0.3 is 0 Å². The van der Waals surface area contributed by atoms with Crippen molar-refractivity contribution in [3.05, 3.63) is 10.6 Å². The third kappa shape index (κ3) is 2.20. The monoisotopic (exact) mass is 280 g/mol. The molecule has 5 nitrogen and oxygen atoms in total. The number of rotatable bonds is 4. The molecule has 0 radical (unpaired) electrons. The van der Waals surface area contributed by atoms with Crippen LogP contribution in [0.5, 0.6) is 0 Å². The number of aromatic nitrogens is 2. The first-order valence-electron chi connectivity index (χ1n) is 6.52. The lowest BCUT2D eigenvalue weighted by Crippen LogP contribution is -2.31. The van der Waals surface area contributed by atoms with E-state index in [-0.39, 0.29) is 5.91 Å². The molecule has 2 aromatic heterocycles. The first-order chi connectivity index (χ1) is 9.01. The summed E-state index contributed by atoms with van der Waals surface area (Å²) in [6, 6.07) is 0. The molecule has 0 spiro atoms. The Kier molecular flexibility index (Phi) is 3.80. The van der Waals surface area contributed by atoms with Gasteiger partial charge in [-0.05, 0) is 20.3 Å². The Hall–Kier alpha value is -1.56. The van der Waals surface area contributed by atoms with Gasteiger partial charge in [0, 0.05) is 20.1 Å². The summed E-state index contributed by atoms with van der Waals surface area (Å²) in [7, 11) is 1.88. The molecule has 1 amide bonds. The second-order valence-corrected chi connectivity index (χ2v) is 5.62. The molecule has 0 aliphatic rings. The number of fused-ring (bicyclic) bond motifs is 1. The molecule has 0 saturated carbocycles. The zero-order valence-electron chi connectivity index (χ0n) is 11.9. The molecule has 0 aromatic carbocycles. The van der Waals surface area contributed by atoms with Crippen molar-refractivity contribution >= 4 is 33.1 Å². The van der Waals surface area contributed by atoms with Crippen molar-refractivity contribution in [2.24, 2.45) is 7.05 Å². The number of carbonyl (C=O) groups is 1. The molecule has 0 saturated heterocycles. The lowest BCUT2D eigenvalue weighted by molar-refractivity contribution is 0.0770. The molecule has 0 unspecified atom stereocenters. The number of amides is 1. The summed E-state index contributed by atoms with van der Waals surface area (Å²) in [5, 5.41) is 5.25. The number of thiophene rings is 1. The van der Waals surface area contributed by atoms with Crippen LogP contribution >= 0.6 is 11.3 Å². The Morgan fingerprint density at radius 3 is 2.68 bits per heavy atom. The molecular formula is C13H20N4OS. The van der Waals surface area contributed by atoms with Gasteiger partial charge in [0.15, 0.2) is 0 Å². The molecule has 6 heteroatoms. The summed E-state index contributed by atoms with van der Waals surface area (Å²) in [4.78, 5) is 15.9. The quantitative estimate of drug-likeness (QED) is 0.935. The number of nitrogen functional groups attached to an aromatic ring is 1. The van der Waals surface area contributed by atoms with E-state index in [2.05, 4.69) is 12.0 Å². The second-order valence-electron chi connectivity index (χ2n) is 4.62. The molecule has 0 bridgehead atoms. The lowest BCUT2D eigenvalue weighted by Gasteiger charge is -2.19. The van der Waals surface area contributed by atoms with Crippen molar-refractivity contribution in [2.45, 2.75) is 27.2 Å². The summed E-state index contributed by atoms with van der Waals surface area (Å²) < 4.78 is 1.79. The van der Waals surface area contributed by atoms with Crippen LogP contribution in [-0.2, 0) is 7.05 Å². The van der Waals surface area contributed by atoms with Crippen LogP contribution in [0.1, 0.15) is 35.6 Å². The van der Waals surface area contributed by atoms with Crippen molar-refractivity contribution in [1.82, 2.24) is 14.7 Å². The molecule has 104 valence electrons. The van der Waals surface area contributed by atoms with E-state index in [1.807, 2.05) is 25.8 Å². The van der Waals surface area contributed by atoms with Crippen LogP contribution in [0.4, 0.5) is 5.69 Å². The minimum absolute atomic E-state index is 0.0300. The summed E-state index contributed by atoms with van der Waals surface area (Å²) in [6.45, 7) is 7.45. The molecular weight excluding hydrogens is 260 g/mol. The minimum atomic E-state index is 0.0300. The van der Waals surface area contributed by atoms with E-state index in [9.17, 15) is 4.79 Å². The van der Waals surface area contributed by atoms with E-state index in [4.69, 9.17) is 5.73 Å². The molecule has 0 aliphatic carbocycles. The van der Waals surface area contributed by atoms with Crippen LogP contribution in [0.15, 0.2) is 0 Å². The third-order valence-electron chi connectivity index (χ3n) is 3.24. The molecule has 2 heterocycles. The zero-order valence-corrected chi connectivity index (χ0v) is 12.7. The second kappa shape index (κ2) is 5.21. The van der Waals surface area contributed by atoms with Gasteiger partial charge in [-0.15, -0.1) is 11.3 Å². The highest BCUT2D eigenvalue weighted by Gasteiger charge is 2.23. The van der Waals surface area contributed by atoms with Crippen LogP contribution in [0.3, 0.4) is 0 Å². The van der Waals surface area contributed by atoms with Crippen molar-refractivity contribution in [3.8, 4) is 0 Å². The van der Waals surface area contributed by atoms with Gasteiger partial charge in [-0.3, -0.25) is 9.48 Å². The third-order valence-corrected chi connectivity index (χ3v) is 4.50. The lowest BCUT2D eigenvalue weighted by atomic mass is 10.2. The van der Waals surface area contributed by atoms with Gasteiger partial charge in [0.05, 0.1) is 16.8 Å². The number of hydrogen-bond acceptors (Lipinski definition) is 4. The fraction of sp³-hybridized carbons (Fsp3) is 0.538. The Morgan fingerprint density at radius 2 is 2.16 bits per heavy atom. The highest BCUT2D eigenvalue weighted by molar-refractivity contribution is 7.21. The summed E-state index contributed by atoms with van der Waals surface area (Å²) in [5.41, 5.74) is 7.61. The number of anilines is 1. The first kappa shape index (κ1) is 13.9. The SMILES string of the molecule is CCCN(CC)C(=O)c1sc2c(c(C)nn2C)c1N. The van der Waals surface area contributed by atoms with Gasteiger partial charge in [0.2, 0.25) is 0 Å². The maximum atomic E-state index is 12.5. The van der Waals surface area contributed by atoms with E-state index in [1.54, 1.807) is 4.68 Å². The van der Waals surface area contributed by atoms with Gasteiger partial charge in [-0.2, -0.15) is 5.10 Å². The Morgan fingerprint density at radius 1 is 1.47 bits per heavy atom. The maximum Gasteiger partial charge on any atom is 0.266 e.